The molecule has 1 amide bonds. The third-order valence-electron chi connectivity index (χ3n) is 5.05. The average molecular weight is 468 g/mol. The Morgan fingerprint density at radius 1 is 1.22 bits per heavy atom. The van der Waals surface area contributed by atoms with Gasteiger partial charge in [-0.3, -0.25) is 14.2 Å². The molecule has 0 spiro atoms. The predicted molar refractivity (Wildman–Crippen MR) is 130 cm³/mol. The minimum absolute atomic E-state index is 0.146. The SMILES string of the molecule is CCCOc1ccc(-c2csc3ncn(CC(=O)Nc4cccc(Cl)c4C)c(=O)c23)cc1. The number of carbonyl (C=O) groups excluding carboxylic acids is 1. The molecule has 8 heteroatoms. The van der Waals surface area contributed by atoms with Crippen molar-refractivity contribution in [2.24, 2.45) is 0 Å². The van der Waals surface area contributed by atoms with Crippen LogP contribution in [-0.2, 0) is 11.3 Å². The number of hydrogen-bond acceptors (Lipinski definition) is 5. The summed E-state index contributed by atoms with van der Waals surface area (Å²) >= 11 is 7.53. The van der Waals surface area contributed by atoms with E-state index in [1.165, 1.54) is 22.2 Å². The Hall–Kier alpha value is -3.16. The standard InChI is InChI=1S/C24H22ClN3O3S/c1-3-11-31-17-9-7-16(8-10-17)18-13-32-23-22(18)24(30)28(14-26-23)12-21(29)27-20-6-4-5-19(25)15(20)2/h4-10,13-14H,3,11-12H2,1-2H3,(H,27,29). The van der Waals surface area contributed by atoms with Crippen molar-refractivity contribution in [2.45, 2.75) is 26.8 Å². The van der Waals surface area contributed by atoms with E-state index in [9.17, 15) is 9.59 Å². The van der Waals surface area contributed by atoms with Crippen molar-refractivity contribution in [3.8, 4) is 16.9 Å². The van der Waals surface area contributed by atoms with Crippen LogP contribution >= 0.6 is 22.9 Å². The van der Waals surface area contributed by atoms with E-state index in [2.05, 4.69) is 17.2 Å². The molecule has 0 radical (unpaired) electrons. The minimum atomic E-state index is -0.326. The summed E-state index contributed by atoms with van der Waals surface area (Å²) in [6, 6.07) is 12.9. The van der Waals surface area contributed by atoms with Crippen molar-refractivity contribution in [1.82, 2.24) is 9.55 Å². The van der Waals surface area contributed by atoms with Crippen LogP contribution in [0.1, 0.15) is 18.9 Å². The van der Waals surface area contributed by atoms with E-state index >= 15 is 0 Å². The molecule has 0 atom stereocenters. The van der Waals surface area contributed by atoms with Crippen LogP contribution < -0.4 is 15.6 Å². The average Bonchev–Trinajstić information content (AvgIpc) is 3.23. The van der Waals surface area contributed by atoms with Crippen molar-refractivity contribution in [3.63, 3.8) is 0 Å². The molecule has 32 heavy (non-hydrogen) atoms. The fraction of sp³-hybridized carbons (Fsp3) is 0.208. The van der Waals surface area contributed by atoms with Crippen molar-refractivity contribution in [3.05, 3.63) is 75.1 Å². The first-order valence-corrected chi connectivity index (χ1v) is 11.5. The Kier molecular flexibility index (Phi) is 6.58. The van der Waals surface area contributed by atoms with E-state index in [1.54, 1.807) is 18.2 Å². The van der Waals surface area contributed by atoms with Gasteiger partial charge in [0.1, 0.15) is 17.1 Å². The molecule has 1 N–H and O–H groups in total. The van der Waals surface area contributed by atoms with Crippen LogP contribution in [0.25, 0.3) is 21.3 Å². The number of halogens is 1. The summed E-state index contributed by atoms with van der Waals surface area (Å²) in [5.74, 6) is 0.464. The van der Waals surface area contributed by atoms with Crippen molar-refractivity contribution >= 4 is 44.7 Å². The molecule has 6 nitrogen and oxygen atoms in total. The fourth-order valence-electron chi connectivity index (χ4n) is 3.33. The van der Waals surface area contributed by atoms with Gasteiger partial charge >= 0.3 is 0 Å². The number of nitrogens with zero attached hydrogens (tertiary/aromatic N) is 2. The lowest BCUT2D eigenvalue weighted by Crippen LogP contribution is -2.28. The Morgan fingerprint density at radius 3 is 2.75 bits per heavy atom. The number of hydrogen-bond donors (Lipinski definition) is 1. The molecule has 0 saturated carbocycles. The summed E-state index contributed by atoms with van der Waals surface area (Å²) in [6.07, 6.45) is 2.35. The number of rotatable bonds is 7. The highest BCUT2D eigenvalue weighted by Crippen LogP contribution is 2.31. The predicted octanol–water partition coefficient (Wildman–Crippen LogP) is 5.51. The molecule has 0 bridgehead atoms. The van der Waals surface area contributed by atoms with Crippen molar-refractivity contribution in [2.75, 3.05) is 11.9 Å². The fourth-order valence-corrected chi connectivity index (χ4v) is 4.41. The lowest BCUT2D eigenvalue weighted by atomic mass is 10.1. The number of thiophene rings is 1. The molecule has 4 rings (SSSR count). The maximum atomic E-state index is 13.2. The Bertz CT molecular complexity index is 1330. The second kappa shape index (κ2) is 9.54. The minimum Gasteiger partial charge on any atom is -0.494 e. The summed E-state index contributed by atoms with van der Waals surface area (Å²) < 4.78 is 6.96. The maximum absolute atomic E-state index is 13.2. The van der Waals surface area contributed by atoms with E-state index in [0.717, 1.165) is 28.9 Å². The van der Waals surface area contributed by atoms with Gasteiger partial charge in [-0.05, 0) is 48.7 Å². The molecule has 0 aliphatic rings. The van der Waals surface area contributed by atoms with E-state index in [-0.39, 0.29) is 18.0 Å². The number of benzene rings is 2. The molecule has 164 valence electrons. The highest BCUT2D eigenvalue weighted by molar-refractivity contribution is 7.17. The summed E-state index contributed by atoms with van der Waals surface area (Å²) in [4.78, 5) is 30.8. The van der Waals surface area contributed by atoms with Gasteiger partial charge in [-0.2, -0.15) is 0 Å². The van der Waals surface area contributed by atoms with Crippen molar-refractivity contribution < 1.29 is 9.53 Å². The molecule has 0 fully saturated rings. The van der Waals surface area contributed by atoms with Gasteiger partial charge in [0, 0.05) is 21.7 Å². The van der Waals surface area contributed by atoms with E-state index in [0.29, 0.717) is 27.5 Å². The van der Waals surface area contributed by atoms with Crippen LogP contribution in [0.15, 0.2) is 59.0 Å². The van der Waals surface area contributed by atoms with Gasteiger partial charge in [-0.25, -0.2) is 4.98 Å². The smallest absolute Gasteiger partial charge is 0.263 e. The summed E-state index contributed by atoms with van der Waals surface area (Å²) in [6.45, 7) is 4.40. The molecule has 0 saturated heterocycles. The zero-order chi connectivity index (χ0) is 22.7. The molecule has 2 heterocycles. The lowest BCUT2D eigenvalue weighted by molar-refractivity contribution is -0.116. The first-order valence-electron chi connectivity index (χ1n) is 10.2. The van der Waals surface area contributed by atoms with E-state index in [4.69, 9.17) is 16.3 Å². The first-order chi connectivity index (χ1) is 15.5. The van der Waals surface area contributed by atoms with Crippen LogP contribution in [0.3, 0.4) is 0 Å². The normalized spacial score (nSPS) is 11.0. The van der Waals surface area contributed by atoms with Gasteiger partial charge in [0.05, 0.1) is 18.3 Å². The maximum Gasteiger partial charge on any atom is 0.263 e. The molecule has 0 aliphatic heterocycles. The van der Waals surface area contributed by atoms with Crippen LogP contribution in [0, 0.1) is 6.92 Å². The molecule has 2 aromatic heterocycles. The second-order valence-corrected chi connectivity index (χ2v) is 8.61. The van der Waals surface area contributed by atoms with Gasteiger partial charge in [0.2, 0.25) is 5.91 Å². The highest BCUT2D eigenvalue weighted by Gasteiger charge is 2.15. The number of aromatic nitrogens is 2. The lowest BCUT2D eigenvalue weighted by Gasteiger charge is -2.11. The van der Waals surface area contributed by atoms with Crippen LogP contribution in [0.4, 0.5) is 5.69 Å². The number of fused-ring (bicyclic) bond motifs is 1. The zero-order valence-electron chi connectivity index (χ0n) is 17.7. The highest BCUT2D eigenvalue weighted by atomic mass is 35.5. The number of nitrogens with one attached hydrogen (secondary N) is 1. The monoisotopic (exact) mass is 467 g/mol. The quantitative estimate of drug-likeness (QED) is 0.388. The largest absolute Gasteiger partial charge is 0.494 e. The molecular weight excluding hydrogens is 446 g/mol. The first kappa shape index (κ1) is 22.0. The summed E-state index contributed by atoms with van der Waals surface area (Å²) in [7, 11) is 0. The second-order valence-electron chi connectivity index (χ2n) is 7.34. The number of ether oxygens (including phenoxy) is 1. The van der Waals surface area contributed by atoms with Gasteiger partial charge in [0.25, 0.3) is 5.56 Å². The van der Waals surface area contributed by atoms with Gasteiger partial charge in [-0.1, -0.05) is 36.7 Å². The Morgan fingerprint density at radius 2 is 2.00 bits per heavy atom. The zero-order valence-corrected chi connectivity index (χ0v) is 19.3. The Labute approximate surface area is 194 Å². The number of anilines is 1. The van der Waals surface area contributed by atoms with Crippen molar-refractivity contribution in [1.29, 1.82) is 0 Å². The van der Waals surface area contributed by atoms with E-state index in [1.807, 2.05) is 36.6 Å². The summed E-state index contributed by atoms with van der Waals surface area (Å²) in [5.41, 5.74) is 2.83. The van der Waals surface area contributed by atoms with Crippen LogP contribution in [0.2, 0.25) is 5.02 Å². The number of carbonyl (C=O) groups is 1. The molecule has 4 aromatic rings. The topological polar surface area (TPSA) is 73.2 Å². The van der Waals surface area contributed by atoms with Gasteiger partial charge in [0.15, 0.2) is 0 Å². The molecule has 0 aliphatic carbocycles. The molecule has 2 aromatic carbocycles. The molecule has 0 unspecified atom stereocenters. The van der Waals surface area contributed by atoms with Gasteiger partial charge in [-0.15, -0.1) is 11.3 Å². The third kappa shape index (κ3) is 4.54. The molecular formula is C24H22ClN3O3S. The number of amides is 1. The van der Waals surface area contributed by atoms with E-state index < -0.39 is 0 Å². The van der Waals surface area contributed by atoms with Crippen LogP contribution in [-0.4, -0.2) is 22.1 Å². The third-order valence-corrected chi connectivity index (χ3v) is 6.35. The van der Waals surface area contributed by atoms with Crippen LogP contribution in [0.5, 0.6) is 5.75 Å². The van der Waals surface area contributed by atoms with Gasteiger partial charge < -0.3 is 10.1 Å². The Balaban J connectivity index is 1.60. The summed E-state index contributed by atoms with van der Waals surface area (Å²) in [5, 5.41) is 5.81.